The lowest BCUT2D eigenvalue weighted by atomic mass is 10.2. The topological polar surface area (TPSA) is 78.1 Å². The molecule has 2 fully saturated rings. The number of hydrogen-bond donors (Lipinski definition) is 0. The summed E-state index contributed by atoms with van der Waals surface area (Å²) in [6.45, 7) is 5.38. The van der Waals surface area contributed by atoms with Crippen LogP contribution in [0.15, 0.2) is 6.20 Å². The molecule has 8 nitrogen and oxygen atoms in total. The number of hydrogen-bond acceptors (Lipinski definition) is 5. The quantitative estimate of drug-likeness (QED) is 0.783. The van der Waals surface area contributed by atoms with E-state index in [-0.39, 0.29) is 18.6 Å². The van der Waals surface area contributed by atoms with Crippen molar-refractivity contribution in [1.29, 1.82) is 0 Å². The van der Waals surface area contributed by atoms with Crippen molar-refractivity contribution in [3.63, 3.8) is 0 Å². The summed E-state index contributed by atoms with van der Waals surface area (Å²) in [6, 6.07) is 0.163. The lowest BCUT2D eigenvalue weighted by Gasteiger charge is -2.24. The van der Waals surface area contributed by atoms with Crippen LogP contribution >= 0.6 is 0 Å². The third-order valence-electron chi connectivity index (χ3n) is 5.43. The van der Waals surface area contributed by atoms with Crippen LogP contribution in [0, 0.1) is 13.8 Å². The van der Waals surface area contributed by atoms with Crippen LogP contribution < -0.4 is 4.74 Å². The summed E-state index contributed by atoms with van der Waals surface area (Å²) in [5.41, 5.74) is 2.83. The molecule has 1 saturated heterocycles. The Hall–Kier alpha value is -2.38. The average molecular weight is 358 g/mol. The van der Waals surface area contributed by atoms with Gasteiger partial charge in [-0.05, 0) is 39.5 Å². The molecule has 1 atom stereocenters. The number of nitrogens with zero attached hydrogens (tertiary/aromatic N) is 6. The van der Waals surface area contributed by atoms with Gasteiger partial charge >= 0.3 is 0 Å². The number of rotatable bonds is 6. The van der Waals surface area contributed by atoms with Gasteiger partial charge in [-0.2, -0.15) is 5.10 Å². The first-order chi connectivity index (χ1) is 12.5. The van der Waals surface area contributed by atoms with Crippen LogP contribution in [-0.4, -0.2) is 54.8 Å². The Bertz CT molecular complexity index is 807. The van der Waals surface area contributed by atoms with Crippen molar-refractivity contribution in [3.8, 4) is 5.75 Å². The van der Waals surface area contributed by atoms with Crippen LogP contribution in [0.25, 0.3) is 0 Å². The van der Waals surface area contributed by atoms with E-state index in [2.05, 4.69) is 15.4 Å². The fraction of sp³-hybridized carbons (Fsp3) is 0.667. The molecule has 26 heavy (non-hydrogen) atoms. The Morgan fingerprint density at radius 1 is 1.31 bits per heavy atom. The van der Waals surface area contributed by atoms with E-state index >= 15 is 0 Å². The maximum atomic E-state index is 12.7. The number of likely N-dealkylation sites (tertiary alicyclic amines) is 1. The van der Waals surface area contributed by atoms with Gasteiger partial charge in [-0.25, -0.2) is 0 Å². The number of carbonyl (C=O) groups excluding carboxylic acids is 1. The number of ether oxygens (including phenoxy) is 1. The third-order valence-corrected chi connectivity index (χ3v) is 5.43. The van der Waals surface area contributed by atoms with E-state index in [0.717, 1.165) is 36.5 Å². The van der Waals surface area contributed by atoms with Crippen molar-refractivity contribution in [2.45, 2.75) is 58.0 Å². The van der Waals surface area contributed by atoms with Crippen molar-refractivity contribution in [3.05, 3.63) is 23.3 Å². The third kappa shape index (κ3) is 3.32. The van der Waals surface area contributed by atoms with E-state index < -0.39 is 0 Å². The Balaban J connectivity index is 1.36. The fourth-order valence-corrected chi connectivity index (χ4v) is 3.72. The molecule has 0 spiro atoms. The van der Waals surface area contributed by atoms with Crippen molar-refractivity contribution in [2.24, 2.45) is 7.05 Å². The average Bonchev–Trinajstić information content (AvgIpc) is 3.08. The summed E-state index contributed by atoms with van der Waals surface area (Å²) in [5.74, 6) is 1.34. The second kappa shape index (κ2) is 6.74. The van der Waals surface area contributed by atoms with Crippen molar-refractivity contribution >= 4 is 5.91 Å². The van der Waals surface area contributed by atoms with E-state index in [4.69, 9.17) is 4.74 Å². The monoisotopic (exact) mass is 358 g/mol. The Morgan fingerprint density at radius 3 is 2.81 bits per heavy atom. The van der Waals surface area contributed by atoms with Crippen LogP contribution in [0.5, 0.6) is 5.75 Å². The smallest absolute Gasteiger partial charge is 0.260 e. The molecule has 3 heterocycles. The molecular formula is C18H26N6O2. The zero-order chi connectivity index (χ0) is 18.3. The van der Waals surface area contributed by atoms with Crippen LogP contribution in [0.4, 0.5) is 0 Å². The van der Waals surface area contributed by atoms with E-state index in [1.54, 1.807) is 4.68 Å². The zero-order valence-corrected chi connectivity index (χ0v) is 15.7. The second-order valence-electron chi connectivity index (χ2n) is 7.44. The Morgan fingerprint density at radius 2 is 2.12 bits per heavy atom. The standard InChI is InChI=1S/C18H26N6O2/c1-12-18(13(2)22(3)20-12)26-11-17(25)24-8-4-5-15(24)9-23-10-16(19-21-23)14-6-7-14/h10,14-15H,4-9,11H2,1-3H3/t15-/m0/s1. The largest absolute Gasteiger partial charge is 0.480 e. The molecule has 0 bridgehead atoms. The molecule has 0 aromatic carbocycles. The van der Waals surface area contributed by atoms with Crippen LogP contribution in [-0.2, 0) is 18.4 Å². The summed E-state index contributed by atoms with van der Waals surface area (Å²) < 4.78 is 9.46. The molecule has 1 saturated carbocycles. The molecule has 8 heteroatoms. The Kier molecular flexibility index (Phi) is 4.42. The zero-order valence-electron chi connectivity index (χ0n) is 15.7. The van der Waals surface area contributed by atoms with Crippen LogP contribution in [0.3, 0.4) is 0 Å². The van der Waals surface area contributed by atoms with Crippen molar-refractivity contribution in [2.75, 3.05) is 13.2 Å². The molecule has 1 aliphatic carbocycles. The first-order valence-corrected chi connectivity index (χ1v) is 9.35. The van der Waals surface area contributed by atoms with Gasteiger partial charge in [0.15, 0.2) is 12.4 Å². The molecular weight excluding hydrogens is 332 g/mol. The molecule has 4 rings (SSSR count). The minimum absolute atomic E-state index is 0.0256. The van der Waals surface area contributed by atoms with E-state index in [0.29, 0.717) is 18.2 Å². The summed E-state index contributed by atoms with van der Waals surface area (Å²) in [4.78, 5) is 14.6. The van der Waals surface area contributed by atoms with Crippen LogP contribution in [0.2, 0.25) is 0 Å². The summed E-state index contributed by atoms with van der Waals surface area (Å²) in [6.07, 6.45) is 6.49. The van der Waals surface area contributed by atoms with Crippen molar-refractivity contribution in [1.82, 2.24) is 29.7 Å². The SMILES string of the molecule is Cc1nn(C)c(C)c1OCC(=O)N1CCC[C@H]1Cn1cc(C2CC2)nn1. The highest BCUT2D eigenvalue weighted by molar-refractivity contribution is 5.78. The lowest BCUT2D eigenvalue weighted by molar-refractivity contribution is -0.134. The predicted octanol–water partition coefficient (Wildman–Crippen LogP) is 1.58. The van der Waals surface area contributed by atoms with Gasteiger partial charge in [0, 0.05) is 25.7 Å². The van der Waals surface area contributed by atoms with E-state index in [1.807, 2.05) is 36.7 Å². The number of aromatic nitrogens is 5. The highest BCUT2D eigenvalue weighted by Gasteiger charge is 2.31. The highest BCUT2D eigenvalue weighted by Crippen LogP contribution is 2.38. The van der Waals surface area contributed by atoms with Gasteiger partial charge < -0.3 is 9.64 Å². The number of amides is 1. The fourth-order valence-electron chi connectivity index (χ4n) is 3.72. The Labute approximate surface area is 153 Å². The number of aryl methyl sites for hydroxylation is 2. The first kappa shape index (κ1) is 17.1. The van der Waals surface area contributed by atoms with Gasteiger partial charge in [0.25, 0.3) is 5.91 Å². The molecule has 2 aromatic heterocycles. The summed E-state index contributed by atoms with van der Waals surface area (Å²) in [5, 5.41) is 12.8. The molecule has 0 unspecified atom stereocenters. The molecule has 2 aromatic rings. The molecule has 140 valence electrons. The maximum absolute atomic E-state index is 12.7. The van der Waals surface area contributed by atoms with E-state index in [9.17, 15) is 4.79 Å². The minimum Gasteiger partial charge on any atom is -0.480 e. The second-order valence-corrected chi connectivity index (χ2v) is 7.44. The molecule has 0 radical (unpaired) electrons. The van der Waals surface area contributed by atoms with Gasteiger partial charge in [0.2, 0.25) is 0 Å². The van der Waals surface area contributed by atoms with Gasteiger partial charge in [-0.15, -0.1) is 5.10 Å². The van der Waals surface area contributed by atoms with Crippen LogP contribution in [0.1, 0.15) is 48.7 Å². The van der Waals surface area contributed by atoms with Gasteiger partial charge in [-0.3, -0.25) is 14.2 Å². The normalized spacial score (nSPS) is 20.0. The highest BCUT2D eigenvalue weighted by atomic mass is 16.5. The molecule has 2 aliphatic rings. The summed E-state index contributed by atoms with van der Waals surface area (Å²) >= 11 is 0. The van der Waals surface area contributed by atoms with Gasteiger partial charge in [0.05, 0.1) is 24.0 Å². The predicted molar refractivity (Wildman–Crippen MR) is 94.9 cm³/mol. The molecule has 0 N–H and O–H groups in total. The van der Waals surface area contributed by atoms with E-state index in [1.165, 1.54) is 12.8 Å². The molecule has 1 aliphatic heterocycles. The minimum atomic E-state index is 0.0256. The van der Waals surface area contributed by atoms with Gasteiger partial charge in [0.1, 0.15) is 5.69 Å². The molecule has 1 amide bonds. The van der Waals surface area contributed by atoms with Crippen molar-refractivity contribution < 1.29 is 9.53 Å². The summed E-state index contributed by atoms with van der Waals surface area (Å²) in [7, 11) is 1.88. The first-order valence-electron chi connectivity index (χ1n) is 9.35. The maximum Gasteiger partial charge on any atom is 0.260 e. The lowest BCUT2D eigenvalue weighted by Crippen LogP contribution is -2.40. The van der Waals surface area contributed by atoms with Gasteiger partial charge in [-0.1, -0.05) is 5.21 Å². The number of carbonyl (C=O) groups is 1.